The van der Waals surface area contributed by atoms with Gasteiger partial charge < -0.3 is 10.2 Å². The monoisotopic (exact) mass is 250 g/mol. The Morgan fingerprint density at radius 1 is 1.44 bits per heavy atom. The maximum Gasteiger partial charge on any atom is 0.245 e. The predicted molar refractivity (Wildman–Crippen MR) is 66.9 cm³/mol. The molecule has 0 bridgehead atoms. The molecule has 2 amide bonds. The van der Waals surface area contributed by atoms with Gasteiger partial charge in [-0.25, -0.2) is 0 Å². The predicted octanol–water partition coefficient (Wildman–Crippen LogP) is 0.761. The highest BCUT2D eigenvalue weighted by Gasteiger charge is 2.19. The lowest BCUT2D eigenvalue weighted by Crippen LogP contribution is -2.37. The highest BCUT2D eigenvalue weighted by Crippen LogP contribution is 2.11. The van der Waals surface area contributed by atoms with Crippen molar-refractivity contribution in [1.29, 1.82) is 0 Å². The van der Waals surface area contributed by atoms with E-state index in [4.69, 9.17) is 0 Å². The zero-order chi connectivity index (χ0) is 13.0. The molecule has 2 heterocycles. The minimum atomic E-state index is -0.191. The molecule has 1 aliphatic heterocycles. The minimum Gasteiger partial charge on any atom is -0.333 e. The fourth-order valence-electron chi connectivity index (χ4n) is 2.04. The van der Waals surface area contributed by atoms with Gasteiger partial charge in [-0.05, 0) is 12.8 Å². The van der Waals surface area contributed by atoms with Crippen LogP contribution in [0.3, 0.4) is 0 Å². The quantitative estimate of drug-likeness (QED) is 0.861. The smallest absolute Gasteiger partial charge is 0.245 e. The summed E-state index contributed by atoms with van der Waals surface area (Å²) in [6.07, 6.45) is 5.27. The van der Waals surface area contributed by atoms with Gasteiger partial charge in [-0.15, -0.1) is 0 Å². The first-order valence-corrected chi connectivity index (χ1v) is 6.22. The average molecular weight is 250 g/mol. The summed E-state index contributed by atoms with van der Waals surface area (Å²) in [5.74, 6) is 0.400. The van der Waals surface area contributed by atoms with E-state index in [1.165, 1.54) is 0 Å². The molecule has 98 valence electrons. The zero-order valence-electron chi connectivity index (χ0n) is 10.6. The Bertz CT molecular complexity index is 441. The Hall–Kier alpha value is -1.85. The van der Waals surface area contributed by atoms with E-state index in [9.17, 15) is 9.59 Å². The number of carbonyl (C=O) groups is 2. The summed E-state index contributed by atoms with van der Waals surface area (Å²) >= 11 is 0. The van der Waals surface area contributed by atoms with Crippen LogP contribution in [-0.4, -0.2) is 39.6 Å². The van der Waals surface area contributed by atoms with E-state index < -0.39 is 0 Å². The topological polar surface area (TPSA) is 67.2 Å². The van der Waals surface area contributed by atoms with Crippen LogP contribution in [0.2, 0.25) is 0 Å². The Morgan fingerprint density at radius 3 is 3.00 bits per heavy atom. The van der Waals surface area contributed by atoms with Crippen LogP contribution in [0.25, 0.3) is 0 Å². The van der Waals surface area contributed by atoms with Gasteiger partial charge in [0.15, 0.2) is 5.82 Å². The second kappa shape index (κ2) is 5.66. The van der Waals surface area contributed by atoms with E-state index in [-0.39, 0.29) is 18.4 Å². The zero-order valence-corrected chi connectivity index (χ0v) is 10.6. The second-order valence-corrected chi connectivity index (χ2v) is 4.55. The number of aromatic nitrogens is 2. The number of hydrogen-bond acceptors (Lipinski definition) is 3. The van der Waals surface area contributed by atoms with E-state index in [0.717, 1.165) is 19.3 Å². The molecule has 0 saturated carbocycles. The van der Waals surface area contributed by atoms with Crippen LogP contribution in [-0.2, 0) is 16.6 Å². The molecule has 6 nitrogen and oxygen atoms in total. The van der Waals surface area contributed by atoms with Crippen molar-refractivity contribution in [3.8, 4) is 0 Å². The number of likely N-dealkylation sites (tertiary alicyclic amines) is 1. The average Bonchev–Trinajstić information content (AvgIpc) is 2.61. The Morgan fingerprint density at radius 2 is 2.28 bits per heavy atom. The number of carbonyl (C=O) groups excluding carboxylic acids is 2. The lowest BCUT2D eigenvalue weighted by molar-refractivity contribution is -0.134. The van der Waals surface area contributed by atoms with Crippen LogP contribution in [0.5, 0.6) is 0 Å². The Balaban J connectivity index is 1.88. The fourth-order valence-corrected chi connectivity index (χ4v) is 2.04. The standard InChI is InChI=1S/C12H18N4O2/c1-15-8-6-10(14-15)13-11(17)9-16-7-4-2-3-5-12(16)18/h6,8H,2-5,7,9H2,1H3,(H,13,14,17). The van der Waals surface area contributed by atoms with E-state index in [2.05, 4.69) is 10.4 Å². The van der Waals surface area contributed by atoms with Crippen molar-refractivity contribution in [3.63, 3.8) is 0 Å². The first kappa shape index (κ1) is 12.6. The van der Waals surface area contributed by atoms with E-state index in [1.807, 2.05) is 0 Å². The van der Waals surface area contributed by atoms with Crippen molar-refractivity contribution >= 4 is 17.6 Å². The van der Waals surface area contributed by atoms with Crippen LogP contribution in [0, 0.1) is 0 Å². The molecule has 1 aliphatic rings. The van der Waals surface area contributed by atoms with Gasteiger partial charge in [0.1, 0.15) is 0 Å². The molecule has 1 aromatic rings. The maximum absolute atomic E-state index is 11.8. The molecule has 6 heteroatoms. The summed E-state index contributed by atoms with van der Waals surface area (Å²) < 4.78 is 1.62. The highest BCUT2D eigenvalue weighted by molar-refractivity contribution is 5.93. The van der Waals surface area contributed by atoms with Gasteiger partial charge in [-0.3, -0.25) is 14.3 Å². The van der Waals surface area contributed by atoms with Gasteiger partial charge in [0, 0.05) is 32.3 Å². The SMILES string of the molecule is Cn1ccc(NC(=O)CN2CCCCCC2=O)n1. The third kappa shape index (κ3) is 3.32. The molecule has 1 saturated heterocycles. The van der Waals surface area contributed by atoms with Gasteiger partial charge in [0.25, 0.3) is 0 Å². The molecule has 0 atom stereocenters. The third-order valence-corrected chi connectivity index (χ3v) is 2.99. The number of nitrogens with one attached hydrogen (secondary N) is 1. The first-order chi connectivity index (χ1) is 8.65. The fraction of sp³-hybridized carbons (Fsp3) is 0.583. The van der Waals surface area contributed by atoms with Crippen LogP contribution in [0.1, 0.15) is 25.7 Å². The Labute approximate surface area is 106 Å². The highest BCUT2D eigenvalue weighted by atomic mass is 16.2. The van der Waals surface area contributed by atoms with Gasteiger partial charge in [0.05, 0.1) is 6.54 Å². The summed E-state index contributed by atoms with van der Waals surface area (Å²) in [6, 6.07) is 1.72. The van der Waals surface area contributed by atoms with Crippen molar-refractivity contribution in [2.45, 2.75) is 25.7 Å². The number of aryl methyl sites for hydroxylation is 1. The normalized spacial score (nSPS) is 16.5. The molecule has 0 spiro atoms. The van der Waals surface area contributed by atoms with Crippen molar-refractivity contribution in [2.75, 3.05) is 18.4 Å². The molecule has 18 heavy (non-hydrogen) atoms. The van der Waals surface area contributed by atoms with Gasteiger partial charge in [-0.2, -0.15) is 5.10 Å². The van der Waals surface area contributed by atoms with Gasteiger partial charge in [0.2, 0.25) is 11.8 Å². The molecule has 0 radical (unpaired) electrons. The minimum absolute atomic E-state index is 0.0728. The second-order valence-electron chi connectivity index (χ2n) is 4.55. The molecule has 1 aromatic heterocycles. The van der Waals surface area contributed by atoms with Crippen molar-refractivity contribution in [1.82, 2.24) is 14.7 Å². The van der Waals surface area contributed by atoms with Crippen molar-refractivity contribution < 1.29 is 9.59 Å². The molecule has 1 N–H and O–H groups in total. The molecular formula is C12H18N4O2. The van der Waals surface area contributed by atoms with Crippen LogP contribution in [0.4, 0.5) is 5.82 Å². The lowest BCUT2D eigenvalue weighted by Gasteiger charge is -2.19. The van der Waals surface area contributed by atoms with E-state index in [1.54, 1.807) is 28.9 Å². The first-order valence-electron chi connectivity index (χ1n) is 6.22. The summed E-state index contributed by atoms with van der Waals surface area (Å²) in [7, 11) is 1.79. The van der Waals surface area contributed by atoms with Crippen molar-refractivity contribution in [2.24, 2.45) is 7.05 Å². The number of anilines is 1. The van der Waals surface area contributed by atoms with E-state index in [0.29, 0.717) is 18.8 Å². The molecule has 2 rings (SSSR count). The maximum atomic E-state index is 11.8. The summed E-state index contributed by atoms with van der Waals surface area (Å²) in [6.45, 7) is 0.796. The number of rotatable bonds is 3. The summed E-state index contributed by atoms with van der Waals surface area (Å²) in [4.78, 5) is 25.2. The molecule has 0 aromatic carbocycles. The Kier molecular flexibility index (Phi) is 3.96. The largest absolute Gasteiger partial charge is 0.333 e. The number of hydrogen-bond donors (Lipinski definition) is 1. The number of nitrogens with zero attached hydrogens (tertiary/aromatic N) is 3. The van der Waals surface area contributed by atoms with Gasteiger partial charge >= 0.3 is 0 Å². The van der Waals surface area contributed by atoms with Crippen LogP contribution < -0.4 is 5.32 Å². The van der Waals surface area contributed by atoms with Gasteiger partial charge in [-0.1, -0.05) is 6.42 Å². The van der Waals surface area contributed by atoms with E-state index >= 15 is 0 Å². The van der Waals surface area contributed by atoms with Crippen molar-refractivity contribution in [3.05, 3.63) is 12.3 Å². The number of amides is 2. The summed E-state index contributed by atoms with van der Waals surface area (Å²) in [5.41, 5.74) is 0. The molecular weight excluding hydrogens is 232 g/mol. The molecule has 0 aliphatic carbocycles. The molecule has 0 unspecified atom stereocenters. The summed E-state index contributed by atoms with van der Waals surface area (Å²) in [5, 5.41) is 6.75. The molecule has 1 fully saturated rings. The van der Waals surface area contributed by atoms with Crippen LogP contribution in [0.15, 0.2) is 12.3 Å². The third-order valence-electron chi connectivity index (χ3n) is 2.99. The lowest BCUT2D eigenvalue weighted by atomic mass is 10.2. The van der Waals surface area contributed by atoms with Crippen LogP contribution >= 0.6 is 0 Å².